The van der Waals surface area contributed by atoms with Gasteiger partial charge in [-0.3, -0.25) is 10.1 Å². The number of non-ortho nitro benzene ring substituents is 1. The predicted molar refractivity (Wildman–Crippen MR) is 114 cm³/mol. The quantitative estimate of drug-likeness (QED) is 0.380. The molecule has 2 aromatic carbocycles. The molecule has 172 valence electrons. The zero-order valence-electron chi connectivity index (χ0n) is 17.0. The molecule has 0 aliphatic carbocycles. The van der Waals surface area contributed by atoms with Gasteiger partial charge in [-0.05, 0) is 43.2 Å². The van der Waals surface area contributed by atoms with Crippen LogP contribution in [0.2, 0.25) is 5.02 Å². The average molecular weight is 467 g/mol. The minimum atomic E-state index is -1.57. The van der Waals surface area contributed by atoms with Gasteiger partial charge in [0.15, 0.2) is 0 Å². The van der Waals surface area contributed by atoms with Crippen molar-refractivity contribution in [3.63, 3.8) is 0 Å². The summed E-state index contributed by atoms with van der Waals surface area (Å²) < 4.78 is 11.1. The maximum Gasteiger partial charge on any atom is 0.269 e. The molecular formula is C21H23ClN2O8. The summed E-state index contributed by atoms with van der Waals surface area (Å²) in [4.78, 5) is 12.6. The highest BCUT2D eigenvalue weighted by molar-refractivity contribution is 6.32. The van der Waals surface area contributed by atoms with E-state index in [0.717, 1.165) is 16.9 Å². The van der Waals surface area contributed by atoms with Gasteiger partial charge in [-0.15, -0.1) is 0 Å². The zero-order valence-corrected chi connectivity index (χ0v) is 17.8. The molecule has 0 spiro atoms. The Labute approximate surface area is 188 Å². The molecule has 4 rings (SSSR count). The number of ether oxygens (including phenoxy) is 2. The molecule has 1 fully saturated rings. The van der Waals surface area contributed by atoms with E-state index in [4.69, 9.17) is 21.1 Å². The van der Waals surface area contributed by atoms with Gasteiger partial charge < -0.3 is 34.8 Å². The first kappa shape index (κ1) is 22.7. The molecular weight excluding hydrogens is 444 g/mol. The van der Waals surface area contributed by atoms with E-state index >= 15 is 0 Å². The third-order valence-electron chi connectivity index (χ3n) is 5.72. The van der Waals surface area contributed by atoms with E-state index < -0.39 is 41.7 Å². The summed E-state index contributed by atoms with van der Waals surface area (Å²) in [5.74, 6) is 0.176. The summed E-state index contributed by atoms with van der Waals surface area (Å²) in [6.45, 7) is 2.01. The number of nitro benzene ring substituents is 1. The molecule has 2 aliphatic rings. The van der Waals surface area contributed by atoms with Crippen molar-refractivity contribution in [3.05, 3.63) is 57.1 Å². The molecule has 0 bridgehead atoms. The topological polar surface area (TPSA) is 146 Å². The molecule has 10 nitrogen and oxygen atoms in total. The number of fused-ring (bicyclic) bond motifs is 1. The van der Waals surface area contributed by atoms with Gasteiger partial charge in [0.1, 0.15) is 30.2 Å². The lowest BCUT2D eigenvalue weighted by Gasteiger charge is -2.41. The number of aliphatic hydroxyl groups is 4. The molecule has 4 unspecified atom stereocenters. The number of hydrogen-bond donors (Lipinski definition) is 4. The highest BCUT2D eigenvalue weighted by atomic mass is 35.5. The number of rotatable bonds is 5. The number of halogens is 1. The third-order valence-corrected chi connectivity index (χ3v) is 6.02. The van der Waals surface area contributed by atoms with Gasteiger partial charge in [-0.1, -0.05) is 11.6 Å². The second kappa shape index (κ2) is 8.81. The Morgan fingerprint density at radius 3 is 2.59 bits per heavy atom. The van der Waals surface area contributed by atoms with Crippen LogP contribution in [0.15, 0.2) is 36.4 Å². The third kappa shape index (κ3) is 4.13. The lowest BCUT2D eigenvalue weighted by atomic mass is 9.96. The highest BCUT2D eigenvalue weighted by Gasteiger charge is 2.46. The molecule has 2 aromatic rings. The summed E-state index contributed by atoms with van der Waals surface area (Å²) in [7, 11) is 0. The van der Waals surface area contributed by atoms with Crippen molar-refractivity contribution >= 4 is 28.7 Å². The highest BCUT2D eigenvalue weighted by Crippen LogP contribution is 2.39. The maximum absolute atomic E-state index is 11.0. The first-order chi connectivity index (χ1) is 15.2. The Bertz CT molecular complexity index is 1020. The van der Waals surface area contributed by atoms with E-state index in [9.17, 15) is 30.5 Å². The molecule has 2 heterocycles. The molecule has 32 heavy (non-hydrogen) atoms. The smallest absolute Gasteiger partial charge is 0.269 e. The Morgan fingerprint density at radius 1 is 1.19 bits per heavy atom. The first-order valence-electron chi connectivity index (χ1n) is 10.1. The van der Waals surface area contributed by atoms with Crippen molar-refractivity contribution in [2.45, 2.75) is 50.2 Å². The minimum Gasteiger partial charge on any atom is -0.460 e. The van der Waals surface area contributed by atoms with Gasteiger partial charge in [0.25, 0.3) is 5.69 Å². The number of hydrogen-bond acceptors (Lipinski definition) is 9. The van der Waals surface area contributed by atoms with Crippen LogP contribution >= 0.6 is 11.6 Å². The Kier molecular flexibility index (Phi) is 6.26. The molecule has 0 aromatic heterocycles. The number of nitro groups is 1. The maximum atomic E-state index is 11.0. The van der Waals surface area contributed by atoms with E-state index in [1.807, 2.05) is 4.90 Å². The van der Waals surface area contributed by atoms with E-state index in [1.165, 1.54) is 13.0 Å². The standard InChI is InChI=1S/C21H23ClN2O8/c1-10(25)20-18(27)17(26)19(28)21(32-20)31-16-5-3-12(9-14(16)22)23-7-6-11-8-13(24(29)30)2-4-15(11)23/h2-5,8-10,17-21,25-28H,6-7H2,1H3/t10?,17?,18-,19?,20?,21-/m0/s1. The van der Waals surface area contributed by atoms with Crippen LogP contribution in [-0.4, -0.2) is 68.7 Å². The minimum absolute atomic E-state index is 0.0428. The first-order valence-corrected chi connectivity index (χ1v) is 10.4. The SMILES string of the molecule is CC(O)C1O[C@H](Oc2ccc(N3CCc4cc([N+](=O)[O-])ccc43)cc2Cl)C(O)C(O)[C@@H]1O. The Morgan fingerprint density at radius 2 is 1.94 bits per heavy atom. The summed E-state index contributed by atoms with van der Waals surface area (Å²) in [6, 6.07) is 9.69. The van der Waals surface area contributed by atoms with Gasteiger partial charge in [0, 0.05) is 30.1 Å². The van der Waals surface area contributed by atoms with Crippen LogP contribution in [0.4, 0.5) is 17.1 Å². The molecule has 11 heteroatoms. The fourth-order valence-corrected chi connectivity index (χ4v) is 4.24. The van der Waals surface area contributed by atoms with Crippen molar-refractivity contribution in [1.29, 1.82) is 0 Å². The van der Waals surface area contributed by atoms with E-state index in [0.29, 0.717) is 13.0 Å². The summed E-state index contributed by atoms with van der Waals surface area (Å²) in [5.41, 5.74) is 2.51. The summed E-state index contributed by atoms with van der Waals surface area (Å²) in [5, 5.41) is 51.3. The lowest BCUT2D eigenvalue weighted by molar-refractivity contribution is -0.384. The van der Waals surface area contributed by atoms with E-state index in [-0.39, 0.29) is 16.5 Å². The molecule has 6 atom stereocenters. The van der Waals surface area contributed by atoms with E-state index in [2.05, 4.69) is 0 Å². The molecule has 0 amide bonds. The van der Waals surface area contributed by atoms with Crippen molar-refractivity contribution in [2.75, 3.05) is 11.4 Å². The van der Waals surface area contributed by atoms with Crippen LogP contribution < -0.4 is 9.64 Å². The normalized spacial score (nSPS) is 28.3. The molecule has 1 saturated heterocycles. The summed E-state index contributed by atoms with van der Waals surface area (Å²) >= 11 is 6.39. The summed E-state index contributed by atoms with van der Waals surface area (Å²) in [6.07, 6.45) is -7.58. The van der Waals surface area contributed by atoms with Gasteiger partial charge >= 0.3 is 0 Å². The second-order valence-electron chi connectivity index (χ2n) is 7.89. The van der Waals surface area contributed by atoms with Gasteiger partial charge in [-0.25, -0.2) is 0 Å². The van der Waals surface area contributed by atoms with Crippen molar-refractivity contribution in [1.82, 2.24) is 0 Å². The fourth-order valence-electron chi connectivity index (χ4n) is 4.02. The van der Waals surface area contributed by atoms with Crippen LogP contribution in [-0.2, 0) is 11.2 Å². The van der Waals surface area contributed by atoms with Crippen molar-refractivity contribution in [2.24, 2.45) is 0 Å². The van der Waals surface area contributed by atoms with Gasteiger partial charge in [0.2, 0.25) is 6.29 Å². The average Bonchev–Trinajstić information content (AvgIpc) is 3.18. The van der Waals surface area contributed by atoms with Crippen LogP contribution in [0.25, 0.3) is 0 Å². The number of nitrogens with zero attached hydrogens (tertiary/aromatic N) is 2. The zero-order chi connectivity index (χ0) is 23.2. The predicted octanol–water partition coefficient (Wildman–Crippen LogP) is 1.51. The fraction of sp³-hybridized carbons (Fsp3) is 0.429. The van der Waals surface area contributed by atoms with Crippen molar-refractivity contribution in [3.8, 4) is 5.75 Å². The molecule has 2 aliphatic heterocycles. The largest absolute Gasteiger partial charge is 0.460 e. The number of aliphatic hydroxyl groups excluding tert-OH is 4. The Hall–Kier alpha value is -2.47. The molecule has 0 radical (unpaired) electrons. The number of anilines is 2. The Balaban J connectivity index is 1.53. The molecule has 0 saturated carbocycles. The van der Waals surface area contributed by atoms with Crippen LogP contribution in [0.5, 0.6) is 5.75 Å². The van der Waals surface area contributed by atoms with Crippen molar-refractivity contribution < 1.29 is 34.8 Å². The van der Waals surface area contributed by atoms with Crippen LogP contribution in [0.3, 0.4) is 0 Å². The van der Waals surface area contributed by atoms with Gasteiger partial charge in [0.05, 0.1) is 16.0 Å². The van der Waals surface area contributed by atoms with Crippen LogP contribution in [0, 0.1) is 10.1 Å². The lowest BCUT2D eigenvalue weighted by Crippen LogP contribution is -2.61. The second-order valence-corrected chi connectivity index (χ2v) is 8.29. The monoisotopic (exact) mass is 466 g/mol. The van der Waals surface area contributed by atoms with E-state index in [1.54, 1.807) is 30.3 Å². The molecule has 4 N–H and O–H groups in total. The van der Waals surface area contributed by atoms with Crippen LogP contribution in [0.1, 0.15) is 12.5 Å². The number of benzene rings is 2. The van der Waals surface area contributed by atoms with Gasteiger partial charge in [-0.2, -0.15) is 0 Å².